The molecular formula is C14H15ClN4O2. The summed E-state index contributed by atoms with van der Waals surface area (Å²) in [6.07, 6.45) is 1.51. The summed E-state index contributed by atoms with van der Waals surface area (Å²) in [6.45, 7) is 3.32. The van der Waals surface area contributed by atoms with E-state index < -0.39 is 0 Å². The minimum Gasteiger partial charge on any atom is -0.326 e. The average Bonchev–Trinajstić information content (AvgIpc) is 2.72. The van der Waals surface area contributed by atoms with E-state index in [1.54, 1.807) is 31.2 Å². The van der Waals surface area contributed by atoms with Gasteiger partial charge >= 0.3 is 0 Å². The van der Waals surface area contributed by atoms with Gasteiger partial charge in [0.1, 0.15) is 6.54 Å². The number of hydrogen-bond acceptors (Lipinski definition) is 3. The zero-order chi connectivity index (χ0) is 15.4. The number of benzene rings is 1. The number of carbonyl (C=O) groups is 2. The molecule has 0 fully saturated rings. The molecule has 0 bridgehead atoms. The molecule has 0 radical (unpaired) electrons. The Balaban J connectivity index is 1.96. The fourth-order valence-electron chi connectivity index (χ4n) is 1.76. The highest BCUT2D eigenvalue weighted by Crippen LogP contribution is 2.15. The molecule has 0 unspecified atom stereocenters. The van der Waals surface area contributed by atoms with Gasteiger partial charge in [-0.2, -0.15) is 5.10 Å². The smallest absolute Gasteiger partial charge is 0.246 e. The van der Waals surface area contributed by atoms with Gasteiger partial charge in [-0.15, -0.1) is 0 Å². The first-order chi connectivity index (χ1) is 9.95. The maximum atomic E-state index is 11.9. The third kappa shape index (κ3) is 4.06. The van der Waals surface area contributed by atoms with Crippen LogP contribution in [0, 0.1) is 6.92 Å². The van der Waals surface area contributed by atoms with E-state index in [0.29, 0.717) is 16.4 Å². The van der Waals surface area contributed by atoms with Crippen molar-refractivity contribution in [2.75, 3.05) is 10.6 Å². The Bertz CT molecular complexity index is 664. The fourth-order valence-corrected chi connectivity index (χ4v) is 1.90. The Labute approximate surface area is 127 Å². The van der Waals surface area contributed by atoms with Gasteiger partial charge < -0.3 is 10.6 Å². The van der Waals surface area contributed by atoms with Crippen LogP contribution in [-0.2, 0) is 16.1 Å². The van der Waals surface area contributed by atoms with Gasteiger partial charge in [-0.25, -0.2) is 0 Å². The topological polar surface area (TPSA) is 76.0 Å². The molecule has 2 N–H and O–H groups in total. The van der Waals surface area contributed by atoms with E-state index >= 15 is 0 Å². The van der Waals surface area contributed by atoms with Crippen LogP contribution < -0.4 is 10.6 Å². The molecule has 110 valence electrons. The van der Waals surface area contributed by atoms with Gasteiger partial charge in [-0.3, -0.25) is 14.3 Å². The quantitative estimate of drug-likeness (QED) is 0.911. The first kappa shape index (κ1) is 15.1. The summed E-state index contributed by atoms with van der Waals surface area (Å²) < 4.78 is 1.53. The molecule has 0 aliphatic heterocycles. The molecule has 0 saturated carbocycles. The number of halogens is 1. The van der Waals surface area contributed by atoms with Crippen molar-refractivity contribution in [3.8, 4) is 0 Å². The van der Waals surface area contributed by atoms with Gasteiger partial charge in [-0.05, 0) is 31.2 Å². The number of amides is 2. The number of nitrogens with one attached hydrogen (secondary N) is 2. The highest BCUT2D eigenvalue weighted by molar-refractivity contribution is 6.31. The molecule has 2 amide bonds. The molecule has 0 saturated heterocycles. The van der Waals surface area contributed by atoms with Crippen LogP contribution in [0.2, 0.25) is 5.02 Å². The summed E-state index contributed by atoms with van der Waals surface area (Å²) in [5.41, 5.74) is 2.06. The molecule has 0 spiro atoms. The summed E-state index contributed by atoms with van der Waals surface area (Å²) in [5.74, 6) is -0.344. The Morgan fingerprint density at radius 2 is 1.76 bits per heavy atom. The lowest BCUT2D eigenvalue weighted by Crippen LogP contribution is -2.20. The fraction of sp³-hybridized carbons (Fsp3) is 0.214. The monoisotopic (exact) mass is 306 g/mol. The lowest BCUT2D eigenvalue weighted by molar-refractivity contribution is -0.117. The lowest BCUT2D eigenvalue weighted by atomic mass is 10.2. The zero-order valence-corrected chi connectivity index (χ0v) is 12.4. The zero-order valence-electron chi connectivity index (χ0n) is 11.7. The molecule has 7 heteroatoms. The molecular weight excluding hydrogens is 292 g/mol. The van der Waals surface area contributed by atoms with Crippen LogP contribution in [0.4, 0.5) is 11.4 Å². The Kier molecular flexibility index (Phi) is 4.59. The first-order valence-corrected chi connectivity index (χ1v) is 6.69. The lowest BCUT2D eigenvalue weighted by Gasteiger charge is -2.08. The average molecular weight is 307 g/mol. The summed E-state index contributed by atoms with van der Waals surface area (Å²) in [5, 5.41) is 9.96. The van der Waals surface area contributed by atoms with Gasteiger partial charge in [0.05, 0.1) is 16.9 Å². The van der Waals surface area contributed by atoms with Crippen molar-refractivity contribution in [3.05, 3.63) is 41.2 Å². The molecule has 2 aromatic rings. The Morgan fingerprint density at radius 3 is 2.24 bits per heavy atom. The molecule has 0 atom stereocenters. The maximum Gasteiger partial charge on any atom is 0.246 e. The van der Waals surface area contributed by atoms with Gasteiger partial charge in [0, 0.05) is 18.3 Å². The van der Waals surface area contributed by atoms with E-state index in [9.17, 15) is 9.59 Å². The largest absolute Gasteiger partial charge is 0.326 e. The van der Waals surface area contributed by atoms with Crippen LogP contribution >= 0.6 is 11.6 Å². The Morgan fingerprint density at radius 1 is 1.19 bits per heavy atom. The highest BCUT2D eigenvalue weighted by atomic mass is 35.5. The number of hydrogen-bond donors (Lipinski definition) is 2. The summed E-state index contributed by atoms with van der Waals surface area (Å²) >= 11 is 5.88. The Hall–Kier alpha value is -2.34. The predicted octanol–water partition coefficient (Wildman–Crippen LogP) is 2.44. The second-order valence-electron chi connectivity index (χ2n) is 4.54. The first-order valence-electron chi connectivity index (χ1n) is 6.31. The summed E-state index contributed by atoms with van der Waals surface area (Å²) in [6, 6.07) is 6.86. The molecule has 0 aliphatic carbocycles. The number of aromatic nitrogens is 2. The van der Waals surface area contributed by atoms with Crippen LogP contribution in [0.5, 0.6) is 0 Å². The molecule has 1 aromatic carbocycles. The SMILES string of the molecule is CC(=O)Nc1ccc(NC(=O)Cn2ncc(Cl)c2C)cc1. The summed E-state index contributed by atoms with van der Waals surface area (Å²) in [4.78, 5) is 22.8. The van der Waals surface area contributed by atoms with Gasteiger partial charge in [0.2, 0.25) is 11.8 Å². The normalized spacial score (nSPS) is 10.2. The van der Waals surface area contributed by atoms with Gasteiger partial charge in [-0.1, -0.05) is 11.6 Å². The molecule has 1 heterocycles. The number of rotatable bonds is 4. The van der Waals surface area contributed by atoms with Gasteiger partial charge in [0.25, 0.3) is 0 Å². The van der Waals surface area contributed by atoms with Crippen molar-refractivity contribution in [3.63, 3.8) is 0 Å². The van der Waals surface area contributed by atoms with Crippen molar-refractivity contribution in [2.45, 2.75) is 20.4 Å². The molecule has 6 nitrogen and oxygen atoms in total. The molecule has 2 rings (SSSR count). The maximum absolute atomic E-state index is 11.9. The van der Waals surface area contributed by atoms with Gasteiger partial charge in [0.15, 0.2) is 0 Å². The predicted molar refractivity (Wildman–Crippen MR) is 81.3 cm³/mol. The second kappa shape index (κ2) is 6.41. The van der Waals surface area contributed by atoms with Crippen LogP contribution in [-0.4, -0.2) is 21.6 Å². The summed E-state index contributed by atoms with van der Waals surface area (Å²) in [7, 11) is 0. The van der Waals surface area contributed by atoms with E-state index in [1.807, 2.05) is 0 Å². The minimum atomic E-state index is -0.204. The van der Waals surface area contributed by atoms with E-state index in [-0.39, 0.29) is 18.4 Å². The van der Waals surface area contributed by atoms with E-state index in [2.05, 4.69) is 15.7 Å². The van der Waals surface area contributed by atoms with E-state index in [0.717, 1.165) is 5.69 Å². The van der Waals surface area contributed by atoms with Crippen molar-refractivity contribution in [1.82, 2.24) is 9.78 Å². The van der Waals surface area contributed by atoms with Crippen LogP contribution in [0.3, 0.4) is 0 Å². The number of anilines is 2. The van der Waals surface area contributed by atoms with E-state index in [4.69, 9.17) is 11.6 Å². The standard InChI is InChI=1S/C14H15ClN4O2/c1-9-13(15)7-16-19(9)8-14(21)18-12-5-3-11(4-6-12)17-10(2)20/h3-7H,8H2,1-2H3,(H,17,20)(H,18,21). The number of carbonyl (C=O) groups excluding carboxylic acids is 2. The molecule has 1 aromatic heterocycles. The van der Waals surface area contributed by atoms with Crippen LogP contribution in [0.25, 0.3) is 0 Å². The van der Waals surface area contributed by atoms with Crippen molar-refractivity contribution >= 4 is 34.8 Å². The van der Waals surface area contributed by atoms with Crippen molar-refractivity contribution in [2.24, 2.45) is 0 Å². The van der Waals surface area contributed by atoms with E-state index in [1.165, 1.54) is 17.8 Å². The van der Waals surface area contributed by atoms with Crippen molar-refractivity contribution in [1.29, 1.82) is 0 Å². The molecule has 0 aliphatic rings. The third-order valence-corrected chi connectivity index (χ3v) is 3.20. The van der Waals surface area contributed by atoms with Crippen molar-refractivity contribution < 1.29 is 9.59 Å². The second-order valence-corrected chi connectivity index (χ2v) is 4.95. The highest BCUT2D eigenvalue weighted by Gasteiger charge is 2.09. The van der Waals surface area contributed by atoms with Crippen LogP contribution in [0.1, 0.15) is 12.6 Å². The third-order valence-electron chi connectivity index (χ3n) is 2.83. The molecule has 21 heavy (non-hydrogen) atoms. The van der Waals surface area contributed by atoms with Crippen LogP contribution in [0.15, 0.2) is 30.5 Å². The minimum absolute atomic E-state index is 0.0893. The number of nitrogens with zero attached hydrogens (tertiary/aromatic N) is 2.